The summed E-state index contributed by atoms with van der Waals surface area (Å²) in [5.41, 5.74) is 7.41. The summed E-state index contributed by atoms with van der Waals surface area (Å²) in [5, 5.41) is 0. The molecule has 0 aliphatic rings. The number of primary amides is 1. The fourth-order valence-corrected chi connectivity index (χ4v) is 1.59. The van der Waals surface area contributed by atoms with Crippen molar-refractivity contribution < 1.29 is 9.53 Å². The third-order valence-electron chi connectivity index (χ3n) is 2.29. The molecule has 0 aromatic heterocycles. The Labute approximate surface area is 90.2 Å². The van der Waals surface area contributed by atoms with Gasteiger partial charge in [-0.3, -0.25) is 0 Å². The van der Waals surface area contributed by atoms with Gasteiger partial charge in [-0.2, -0.15) is 0 Å². The lowest BCUT2D eigenvalue weighted by atomic mass is 9.96. The fraction of sp³-hybridized carbons (Fsp3) is 0.417. The second-order valence-electron chi connectivity index (χ2n) is 3.77. The number of benzene rings is 1. The number of rotatable bonds is 4. The van der Waals surface area contributed by atoms with Crippen molar-refractivity contribution in [1.82, 2.24) is 0 Å². The van der Waals surface area contributed by atoms with Crippen LogP contribution in [0.4, 0.5) is 4.79 Å². The van der Waals surface area contributed by atoms with Gasteiger partial charge in [-0.15, -0.1) is 0 Å². The molecule has 0 saturated carbocycles. The molecule has 3 heteroatoms. The second kappa shape index (κ2) is 5.39. The highest BCUT2D eigenvalue weighted by Gasteiger charge is 2.05. The van der Waals surface area contributed by atoms with E-state index in [2.05, 4.69) is 26.0 Å². The van der Waals surface area contributed by atoms with Crippen molar-refractivity contribution in [3.8, 4) is 0 Å². The maximum atomic E-state index is 10.4. The molecule has 82 valence electrons. The minimum atomic E-state index is -0.711. The summed E-state index contributed by atoms with van der Waals surface area (Å²) in [6.07, 6.45) is 0.00845. The van der Waals surface area contributed by atoms with E-state index in [0.29, 0.717) is 12.5 Å². The molecule has 0 bridgehead atoms. The van der Waals surface area contributed by atoms with E-state index in [1.807, 2.05) is 12.1 Å². The first-order valence-corrected chi connectivity index (χ1v) is 5.11. The number of carbonyl (C=O) groups is 1. The van der Waals surface area contributed by atoms with Gasteiger partial charge >= 0.3 is 6.09 Å². The molecule has 0 spiro atoms. The van der Waals surface area contributed by atoms with Crippen LogP contribution in [-0.4, -0.2) is 12.7 Å². The second-order valence-corrected chi connectivity index (χ2v) is 3.77. The zero-order chi connectivity index (χ0) is 11.3. The highest BCUT2D eigenvalue weighted by atomic mass is 16.5. The van der Waals surface area contributed by atoms with E-state index in [1.165, 1.54) is 11.1 Å². The Morgan fingerprint density at radius 3 is 2.67 bits per heavy atom. The number of carbonyl (C=O) groups excluding carboxylic acids is 1. The van der Waals surface area contributed by atoms with Crippen molar-refractivity contribution in [2.45, 2.75) is 26.2 Å². The van der Waals surface area contributed by atoms with Crippen LogP contribution in [0.1, 0.15) is 30.9 Å². The molecule has 0 aliphatic carbocycles. The fourth-order valence-electron chi connectivity index (χ4n) is 1.59. The Kier molecular flexibility index (Phi) is 4.16. The molecule has 0 atom stereocenters. The first-order valence-electron chi connectivity index (χ1n) is 5.11. The molecule has 3 nitrogen and oxygen atoms in total. The molecular weight excluding hydrogens is 190 g/mol. The molecule has 1 aromatic carbocycles. The van der Waals surface area contributed by atoms with Crippen LogP contribution < -0.4 is 5.73 Å². The van der Waals surface area contributed by atoms with Crippen molar-refractivity contribution in [3.05, 3.63) is 35.4 Å². The third-order valence-corrected chi connectivity index (χ3v) is 2.29. The van der Waals surface area contributed by atoms with E-state index in [0.717, 1.165) is 6.42 Å². The number of hydrogen-bond acceptors (Lipinski definition) is 2. The predicted molar refractivity (Wildman–Crippen MR) is 59.8 cm³/mol. The van der Waals surface area contributed by atoms with Gasteiger partial charge in [0.05, 0.1) is 6.61 Å². The van der Waals surface area contributed by atoms with E-state index in [9.17, 15) is 4.79 Å². The minimum Gasteiger partial charge on any atom is -0.449 e. The molecule has 15 heavy (non-hydrogen) atoms. The van der Waals surface area contributed by atoms with Gasteiger partial charge < -0.3 is 10.5 Å². The zero-order valence-corrected chi connectivity index (χ0v) is 9.19. The number of ether oxygens (including phenoxy) is 1. The molecule has 0 unspecified atom stereocenters. The summed E-state index contributed by atoms with van der Waals surface area (Å²) in [5.74, 6) is 0.481. The number of hydrogen-bond donors (Lipinski definition) is 1. The average Bonchev–Trinajstić information content (AvgIpc) is 2.17. The lowest BCUT2D eigenvalue weighted by molar-refractivity contribution is 0.158. The Hall–Kier alpha value is -1.51. The Morgan fingerprint density at radius 1 is 1.40 bits per heavy atom. The number of amides is 1. The van der Waals surface area contributed by atoms with Crippen LogP contribution in [0.15, 0.2) is 24.3 Å². The summed E-state index contributed by atoms with van der Waals surface area (Å²) < 4.78 is 4.72. The van der Waals surface area contributed by atoms with Crippen LogP contribution >= 0.6 is 0 Å². The highest BCUT2D eigenvalue weighted by Crippen LogP contribution is 2.19. The van der Waals surface area contributed by atoms with Crippen LogP contribution in [0.5, 0.6) is 0 Å². The maximum absolute atomic E-state index is 10.4. The summed E-state index contributed by atoms with van der Waals surface area (Å²) in [6.45, 7) is 4.64. The quantitative estimate of drug-likeness (QED) is 0.824. The Balaban J connectivity index is 2.63. The Morgan fingerprint density at radius 2 is 2.07 bits per heavy atom. The van der Waals surface area contributed by atoms with Gasteiger partial charge in [0.15, 0.2) is 0 Å². The molecule has 0 aliphatic heterocycles. The van der Waals surface area contributed by atoms with E-state index >= 15 is 0 Å². The summed E-state index contributed by atoms with van der Waals surface area (Å²) in [4.78, 5) is 10.4. The van der Waals surface area contributed by atoms with Gasteiger partial charge in [0.25, 0.3) is 0 Å². The van der Waals surface area contributed by atoms with Crippen molar-refractivity contribution in [3.63, 3.8) is 0 Å². The molecule has 0 heterocycles. The molecule has 2 N–H and O–H groups in total. The van der Waals surface area contributed by atoms with Gasteiger partial charge in [0.2, 0.25) is 0 Å². The van der Waals surface area contributed by atoms with Crippen LogP contribution in [0.2, 0.25) is 0 Å². The zero-order valence-electron chi connectivity index (χ0n) is 9.19. The van der Waals surface area contributed by atoms with Crippen molar-refractivity contribution in [2.24, 2.45) is 5.73 Å². The highest BCUT2D eigenvalue weighted by molar-refractivity contribution is 5.64. The number of nitrogens with two attached hydrogens (primary N) is 1. The molecule has 0 fully saturated rings. The Bertz CT molecular complexity index is 334. The van der Waals surface area contributed by atoms with Gasteiger partial charge in [-0.05, 0) is 17.0 Å². The van der Waals surface area contributed by atoms with Crippen molar-refractivity contribution in [1.29, 1.82) is 0 Å². The van der Waals surface area contributed by atoms with Gasteiger partial charge in [-0.1, -0.05) is 38.1 Å². The lowest BCUT2D eigenvalue weighted by Gasteiger charge is -2.12. The van der Waals surface area contributed by atoms with Crippen LogP contribution in [0, 0.1) is 0 Å². The molecule has 1 amide bonds. The summed E-state index contributed by atoms with van der Waals surface area (Å²) >= 11 is 0. The summed E-state index contributed by atoms with van der Waals surface area (Å²) in [7, 11) is 0. The monoisotopic (exact) mass is 207 g/mol. The molecule has 1 aromatic rings. The SMILES string of the molecule is CC(C)c1ccccc1CCOC(N)=O. The predicted octanol–water partition coefficient (Wildman–Crippen LogP) is 2.45. The van der Waals surface area contributed by atoms with Crippen LogP contribution in [0.3, 0.4) is 0 Å². The van der Waals surface area contributed by atoms with E-state index in [4.69, 9.17) is 10.5 Å². The molecule has 0 radical (unpaired) electrons. The third kappa shape index (κ3) is 3.62. The molecule has 1 rings (SSSR count). The largest absolute Gasteiger partial charge is 0.449 e. The van der Waals surface area contributed by atoms with Gasteiger partial charge in [0.1, 0.15) is 0 Å². The van der Waals surface area contributed by atoms with Crippen molar-refractivity contribution >= 4 is 6.09 Å². The van der Waals surface area contributed by atoms with Crippen molar-refractivity contribution in [2.75, 3.05) is 6.61 Å². The standard InChI is InChI=1S/C12H17NO2/c1-9(2)11-6-4-3-5-10(11)7-8-15-12(13)14/h3-6,9H,7-8H2,1-2H3,(H2,13,14). The topological polar surface area (TPSA) is 52.3 Å². The first kappa shape index (κ1) is 11.6. The normalized spacial score (nSPS) is 10.3. The van der Waals surface area contributed by atoms with Gasteiger partial charge in [-0.25, -0.2) is 4.79 Å². The van der Waals surface area contributed by atoms with Crippen LogP contribution in [-0.2, 0) is 11.2 Å². The van der Waals surface area contributed by atoms with Gasteiger partial charge in [0, 0.05) is 6.42 Å². The minimum absolute atomic E-state index is 0.346. The van der Waals surface area contributed by atoms with Crippen LogP contribution in [0.25, 0.3) is 0 Å². The maximum Gasteiger partial charge on any atom is 0.404 e. The summed E-state index contributed by atoms with van der Waals surface area (Å²) in [6, 6.07) is 8.17. The van der Waals surface area contributed by atoms with E-state index in [-0.39, 0.29) is 0 Å². The van der Waals surface area contributed by atoms with E-state index in [1.54, 1.807) is 0 Å². The van der Waals surface area contributed by atoms with E-state index < -0.39 is 6.09 Å². The smallest absolute Gasteiger partial charge is 0.404 e. The first-order chi connectivity index (χ1) is 7.11. The molecule has 0 saturated heterocycles. The average molecular weight is 207 g/mol. The lowest BCUT2D eigenvalue weighted by Crippen LogP contribution is -2.15. The molecular formula is C12H17NO2.